The highest BCUT2D eigenvalue weighted by atomic mass is 16.5. The molecule has 1 unspecified atom stereocenters. The quantitative estimate of drug-likeness (QED) is 0.651. The number of hydrogen-bond acceptors (Lipinski definition) is 4. The van der Waals surface area contributed by atoms with Crippen LogP contribution < -0.4 is 10.4 Å². The van der Waals surface area contributed by atoms with E-state index in [1.54, 1.807) is 12.4 Å². The average Bonchev–Trinajstić information content (AvgIpc) is 2.69. The van der Waals surface area contributed by atoms with Crippen LogP contribution in [0, 0.1) is 0 Å². The third-order valence-corrected chi connectivity index (χ3v) is 4.82. The maximum absolute atomic E-state index is 12.2. The monoisotopic (exact) mass is 353 g/mol. The van der Waals surface area contributed by atoms with Gasteiger partial charge < -0.3 is 9.80 Å². The number of amides is 2. The van der Waals surface area contributed by atoms with Gasteiger partial charge in [0.1, 0.15) is 0 Å². The summed E-state index contributed by atoms with van der Waals surface area (Å²) in [5.41, 5.74) is 4.47. The molecule has 1 aliphatic heterocycles. The maximum atomic E-state index is 12.2. The Labute approximate surface area is 153 Å². The van der Waals surface area contributed by atoms with Gasteiger partial charge in [-0.1, -0.05) is 42.5 Å². The zero-order valence-corrected chi connectivity index (χ0v) is 14.8. The number of nitrogens with one attached hydrogen (secondary N) is 1. The normalized spacial score (nSPS) is 15.5. The molecule has 2 amide bonds. The van der Waals surface area contributed by atoms with Crippen LogP contribution in [0.5, 0.6) is 0 Å². The van der Waals surface area contributed by atoms with E-state index < -0.39 is 11.8 Å². The Kier molecular flexibility index (Phi) is 5.53. The van der Waals surface area contributed by atoms with Gasteiger partial charge in [-0.15, -0.1) is 0 Å². The first-order valence-corrected chi connectivity index (χ1v) is 8.69. The lowest BCUT2D eigenvalue weighted by atomic mass is 9.90. The molecule has 2 N–H and O–H groups in total. The predicted octanol–water partition coefficient (Wildman–Crippen LogP) is 1.99. The summed E-state index contributed by atoms with van der Waals surface area (Å²) in [6.45, 7) is 4.62. The number of carbonyl (C=O) groups is 2. The van der Waals surface area contributed by atoms with E-state index >= 15 is 0 Å². The molecule has 6 nitrogen and oxygen atoms in total. The van der Waals surface area contributed by atoms with E-state index in [-0.39, 0.29) is 5.91 Å². The van der Waals surface area contributed by atoms with E-state index in [4.69, 9.17) is 5.21 Å². The Balaban J connectivity index is 1.77. The minimum Gasteiger partial charge on any atom is -0.368 e. The Bertz CT molecular complexity index is 754. The molecule has 0 aliphatic carbocycles. The summed E-state index contributed by atoms with van der Waals surface area (Å²) in [4.78, 5) is 27.7. The summed E-state index contributed by atoms with van der Waals surface area (Å²) in [6, 6.07) is 17.2. The number of hydrogen-bond donors (Lipinski definition) is 2. The average molecular weight is 353 g/mol. The molecule has 6 heteroatoms. The lowest BCUT2D eigenvalue weighted by Gasteiger charge is -2.35. The SMILES string of the molecule is CC(=O)N1CCN(c2ccc(C(C(=O)NO)c3ccccc3)cc2)CC1. The summed E-state index contributed by atoms with van der Waals surface area (Å²) >= 11 is 0. The molecule has 0 aromatic heterocycles. The standard InChI is InChI=1S/C20H23N3O3/c1-15(24)22-11-13-23(14-12-22)18-9-7-17(8-10-18)19(20(25)21-26)16-5-3-2-4-6-16/h2-10,19,26H,11-14H2,1H3,(H,21,25). The highest BCUT2D eigenvalue weighted by molar-refractivity contribution is 5.86. The van der Waals surface area contributed by atoms with Gasteiger partial charge in [-0.3, -0.25) is 14.8 Å². The molecule has 1 atom stereocenters. The predicted molar refractivity (Wildman–Crippen MR) is 99.1 cm³/mol. The van der Waals surface area contributed by atoms with Crippen molar-refractivity contribution in [1.29, 1.82) is 0 Å². The van der Waals surface area contributed by atoms with Crippen LogP contribution in [0.3, 0.4) is 0 Å². The second kappa shape index (κ2) is 8.01. The van der Waals surface area contributed by atoms with E-state index in [1.165, 1.54) is 0 Å². The molecule has 1 fully saturated rings. The van der Waals surface area contributed by atoms with Crippen molar-refractivity contribution in [2.75, 3.05) is 31.1 Å². The largest absolute Gasteiger partial charge is 0.368 e. The van der Waals surface area contributed by atoms with Crippen molar-refractivity contribution in [2.45, 2.75) is 12.8 Å². The Morgan fingerprint density at radius 1 is 0.923 bits per heavy atom. The highest BCUT2D eigenvalue weighted by Gasteiger charge is 2.23. The van der Waals surface area contributed by atoms with Gasteiger partial charge in [0, 0.05) is 38.8 Å². The van der Waals surface area contributed by atoms with Gasteiger partial charge in [-0.25, -0.2) is 5.48 Å². The minimum atomic E-state index is -0.565. The van der Waals surface area contributed by atoms with E-state index in [1.807, 2.05) is 59.5 Å². The number of rotatable bonds is 4. The third-order valence-electron chi connectivity index (χ3n) is 4.82. The first-order chi connectivity index (χ1) is 12.6. The number of carbonyl (C=O) groups excluding carboxylic acids is 2. The number of anilines is 1. The van der Waals surface area contributed by atoms with E-state index in [0.717, 1.165) is 43.0 Å². The lowest BCUT2D eigenvalue weighted by molar-refractivity contribution is -0.130. The van der Waals surface area contributed by atoms with Crippen molar-refractivity contribution in [2.24, 2.45) is 0 Å². The summed E-state index contributed by atoms with van der Waals surface area (Å²) in [5.74, 6) is -0.912. The van der Waals surface area contributed by atoms with Crippen LogP contribution in [-0.2, 0) is 9.59 Å². The van der Waals surface area contributed by atoms with Gasteiger partial charge in [0.05, 0.1) is 5.92 Å². The minimum absolute atomic E-state index is 0.112. The van der Waals surface area contributed by atoms with Crippen LogP contribution >= 0.6 is 0 Å². The molecule has 1 aliphatic rings. The van der Waals surface area contributed by atoms with Crippen LogP contribution in [0.15, 0.2) is 54.6 Å². The van der Waals surface area contributed by atoms with E-state index in [9.17, 15) is 9.59 Å². The van der Waals surface area contributed by atoms with Gasteiger partial charge in [0.2, 0.25) is 5.91 Å². The molecule has 26 heavy (non-hydrogen) atoms. The number of nitrogens with zero attached hydrogens (tertiary/aromatic N) is 2. The third kappa shape index (κ3) is 3.86. The second-order valence-electron chi connectivity index (χ2n) is 6.40. The van der Waals surface area contributed by atoms with Gasteiger partial charge >= 0.3 is 0 Å². The van der Waals surface area contributed by atoms with E-state index in [0.29, 0.717) is 0 Å². The maximum Gasteiger partial charge on any atom is 0.255 e. The number of benzene rings is 2. The fraction of sp³-hybridized carbons (Fsp3) is 0.300. The van der Waals surface area contributed by atoms with Crippen LogP contribution in [0.1, 0.15) is 24.0 Å². The fourth-order valence-corrected chi connectivity index (χ4v) is 3.36. The first kappa shape index (κ1) is 17.9. The van der Waals surface area contributed by atoms with Crippen molar-refractivity contribution in [3.05, 3.63) is 65.7 Å². The molecule has 136 valence electrons. The zero-order chi connectivity index (χ0) is 18.5. The molecular weight excluding hydrogens is 330 g/mol. The van der Waals surface area contributed by atoms with Gasteiger partial charge in [0.15, 0.2) is 0 Å². The molecule has 0 spiro atoms. The molecular formula is C20H23N3O3. The molecule has 0 bridgehead atoms. The Hall–Kier alpha value is -2.86. The molecule has 0 radical (unpaired) electrons. The lowest BCUT2D eigenvalue weighted by Crippen LogP contribution is -2.48. The van der Waals surface area contributed by atoms with Crippen molar-refractivity contribution < 1.29 is 14.8 Å². The van der Waals surface area contributed by atoms with Gasteiger partial charge in [-0.05, 0) is 23.3 Å². The molecule has 1 heterocycles. The second-order valence-corrected chi connectivity index (χ2v) is 6.40. The van der Waals surface area contributed by atoms with Crippen LogP contribution in [0.25, 0.3) is 0 Å². The van der Waals surface area contributed by atoms with Crippen LogP contribution in [0.4, 0.5) is 5.69 Å². The van der Waals surface area contributed by atoms with Crippen molar-refractivity contribution in [3.63, 3.8) is 0 Å². The Morgan fingerprint density at radius 3 is 2.04 bits per heavy atom. The molecule has 1 saturated heterocycles. The molecule has 3 rings (SSSR count). The van der Waals surface area contributed by atoms with Gasteiger partial charge in [-0.2, -0.15) is 0 Å². The topological polar surface area (TPSA) is 72.9 Å². The zero-order valence-electron chi connectivity index (χ0n) is 14.8. The molecule has 2 aromatic rings. The molecule has 0 saturated carbocycles. The number of piperazine rings is 1. The van der Waals surface area contributed by atoms with Crippen molar-refractivity contribution in [1.82, 2.24) is 10.4 Å². The van der Waals surface area contributed by atoms with Gasteiger partial charge in [0.25, 0.3) is 5.91 Å². The first-order valence-electron chi connectivity index (χ1n) is 8.69. The summed E-state index contributed by atoms with van der Waals surface area (Å²) in [6.07, 6.45) is 0. The smallest absolute Gasteiger partial charge is 0.255 e. The van der Waals surface area contributed by atoms with Crippen molar-refractivity contribution in [3.8, 4) is 0 Å². The van der Waals surface area contributed by atoms with Crippen LogP contribution in [-0.4, -0.2) is 48.1 Å². The van der Waals surface area contributed by atoms with E-state index in [2.05, 4.69) is 4.90 Å². The summed E-state index contributed by atoms with van der Waals surface area (Å²) in [5, 5.41) is 9.12. The Morgan fingerprint density at radius 2 is 1.50 bits per heavy atom. The summed E-state index contributed by atoms with van der Waals surface area (Å²) in [7, 11) is 0. The van der Waals surface area contributed by atoms with Crippen molar-refractivity contribution >= 4 is 17.5 Å². The number of hydroxylamine groups is 1. The highest BCUT2D eigenvalue weighted by Crippen LogP contribution is 2.27. The summed E-state index contributed by atoms with van der Waals surface area (Å²) < 4.78 is 0. The molecule has 2 aromatic carbocycles. The fourth-order valence-electron chi connectivity index (χ4n) is 3.36. The van der Waals surface area contributed by atoms with Crippen LogP contribution in [0.2, 0.25) is 0 Å².